The highest BCUT2D eigenvalue weighted by Gasteiger charge is 2.18. The van der Waals surface area contributed by atoms with Crippen LogP contribution in [0.25, 0.3) is 0 Å². The van der Waals surface area contributed by atoms with Crippen molar-refractivity contribution in [2.24, 2.45) is 0 Å². The zero-order valence-corrected chi connectivity index (χ0v) is 16.6. The Morgan fingerprint density at radius 1 is 1.07 bits per heavy atom. The highest BCUT2D eigenvalue weighted by atomic mass is 16.5. The van der Waals surface area contributed by atoms with Gasteiger partial charge in [0.2, 0.25) is 0 Å². The lowest BCUT2D eigenvalue weighted by Gasteiger charge is -2.11. The number of pyridine rings is 1. The second kappa shape index (κ2) is 8.61. The molecular weight excluding hydrogens is 356 g/mol. The monoisotopic (exact) mass is 380 g/mol. The molecule has 28 heavy (non-hydrogen) atoms. The van der Waals surface area contributed by atoms with Crippen molar-refractivity contribution in [3.63, 3.8) is 0 Å². The van der Waals surface area contributed by atoms with Crippen LogP contribution in [0.2, 0.25) is 0 Å². The molecule has 3 rings (SSSR count). The Hall–Kier alpha value is -3.28. The molecule has 6 nitrogen and oxygen atoms in total. The van der Waals surface area contributed by atoms with E-state index in [1.165, 1.54) is 0 Å². The number of carbonyl (C=O) groups is 1. The number of aryl methyl sites for hydroxylation is 1. The summed E-state index contributed by atoms with van der Waals surface area (Å²) in [5.74, 6) is 0.958. The van der Waals surface area contributed by atoms with Crippen LogP contribution in [0.1, 0.15) is 33.0 Å². The van der Waals surface area contributed by atoms with Gasteiger partial charge in [-0.1, -0.05) is 6.07 Å². The average molecular weight is 380 g/mol. The molecule has 0 bridgehead atoms. The van der Waals surface area contributed by atoms with Gasteiger partial charge < -0.3 is 18.8 Å². The number of carbonyl (C=O) groups excluding carboxylic acids is 1. The number of hydrogen-bond donors (Lipinski definition) is 0. The van der Waals surface area contributed by atoms with Crippen LogP contribution in [-0.4, -0.2) is 29.7 Å². The van der Waals surface area contributed by atoms with E-state index in [0.717, 1.165) is 22.6 Å². The zero-order chi connectivity index (χ0) is 20.1. The van der Waals surface area contributed by atoms with Gasteiger partial charge in [0.05, 0.1) is 32.0 Å². The Balaban J connectivity index is 1.76. The van der Waals surface area contributed by atoms with Crippen LogP contribution in [0.3, 0.4) is 0 Å². The van der Waals surface area contributed by atoms with Crippen molar-refractivity contribution >= 4 is 5.97 Å². The molecule has 146 valence electrons. The molecule has 0 aliphatic rings. The first kappa shape index (κ1) is 19.5. The summed E-state index contributed by atoms with van der Waals surface area (Å²) in [4.78, 5) is 17.0. The summed E-state index contributed by atoms with van der Waals surface area (Å²) in [6.45, 7) is 4.59. The van der Waals surface area contributed by atoms with Crippen LogP contribution in [0.4, 0.5) is 0 Å². The molecular formula is C22H24N2O4. The Labute approximate surface area is 164 Å². The number of methoxy groups -OCH3 is 2. The SMILES string of the molecule is COc1ccc(OC)c(COC(=O)c2cc(C)n(Cc3ccccn3)c2C)c1. The quantitative estimate of drug-likeness (QED) is 0.581. The summed E-state index contributed by atoms with van der Waals surface area (Å²) in [5.41, 5.74) is 4.07. The summed E-state index contributed by atoms with van der Waals surface area (Å²) < 4.78 is 18.2. The summed E-state index contributed by atoms with van der Waals surface area (Å²) in [5, 5.41) is 0. The van der Waals surface area contributed by atoms with E-state index in [0.29, 0.717) is 23.6 Å². The maximum atomic E-state index is 12.7. The Morgan fingerprint density at radius 3 is 2.57 bits per heavy atom. The minimum absolute atomic E-state index is 0.100. The number of nitrogens with zero attached hydrogens (tertiary/aromatic N) is 2. The fraction of sp³-hybridized carbons (Fsp3) is 0.273. The predicted molar refractivity (Wildman–Crippen MR) is 106 cm³/mol. The Morgan fingerprint density at radius 2 is 1.89 bits per heavy atom. The molecule has 0 fully saturated rings. The minimum atomic E-state index is -0.370. The summed E-state index contributed by atoms with van der Waals surface area (Å²) in [6, 6.07) is 13.0. The van der Waals surface area contributed by atoms with Crippen LogP contribution >= 0.6 is 0 Å². The third kappa shape index (κ3) is 4.17. The molecule has 0 aliphatic heterocycles. The van der Waals surface area contributed by atoms with Crippen LogP contribution in [0, 0.1) is 13.8 Å². The van der Waals surface area contributed by atoms with Crippen LogP contribution in [0.5, 0.6) is 11.5 Å². The van der Waals surface area contributed by atoms with Crippen molar-refractivity contribution < 1.29 is 19.0 Å². The first-order chi connectivity index (χ1) is 13.5. The third-order valence-corrected chi connectivity index (χ3v) is 4.69. The van der Waals surface area contributed by atoms with E-state index in [9.17, 15) is 4.79 Å². The smallest absolute Gasteiger partial charge is 0.340 e. The van der Waals surface area contributed by atoms with Crippen molar-refractivity contribution in [1.82, 2.24) is 9.55 Å². The highest BCUT2D eigenvalue weighted by molar-refractivity contribution is 5.91. The molecule has 0 amide bonds. The van der Waals surface area contributed by atoms with Crippen LogP contribution in [-0.2, 0) is 17.9 Å². The number of ether oxygens (including phenoxy) is 3. The van der Waals surface area contributed by atoms with Gasteiger partial charge in [-0.25, -0.2) is 4.79 Å². The van der Waals surface area contributed by atoms with Gasteiger partial charge in [0.15, 0.2) is 0 Å². The molecule has 0 aliphatic carbocycles. The lowest BCUT2D eigenvalue weighted by Crippen LogP contribution is -2.09. The molecule has 0 unspecified atom stereocenters. The molecule has 2 aromatic heterocycles. The number of benzene rings is 1. The van der Waals surface area contributed by atoms with Gasteiger partial charge in [-0.15, -0.1) is 0 Å². The maximum absolute atomic E-state index is 12.7. The van der Waals surface area contributed by atoms with Crippen molar-refractivity contribution in [2.45, 2.75) is 27.0 Å². The first-order valence-electron chi connectivity index (χ1n) is 8.98. The minimum Gasteiger partial charge on any atom is -0.497 e. The topological polar surface area (TPSA) is 62.6 Å². The highest BCUT2D eigenvalue weighted by Crippen LogP contribution is 2.25. The first-order valence-corrected chi connectivity index (χ1v) is 8.98. The number of rotatable bonds is 7. The fourth-order valence-corrected chi connectivity index (χ4v) is 3.12. The molecule has 3 aromatic rings. The van der Waals surface area contributed by atoms with E-state index in [4.69, 9.17) is 14.2 Å². The third-order valence-electron chi connectivity index (χ3n) is 4.69. The normalized spacial score (nSPS) is 10.6. The second-order valence-corrected chi connectivity index (χ2v) is 6.45. The lowest BCUT2D eigenvalue weighted by molar-refractivity contribution is 0.0469. The molecule has 0 saturated heterocycles. The molecule has 2 heterocycles. The number of aromatic nitrogens is 2. The van der Waals surface area contributed by atoms with Gasteiger partial charge in [-0.3, -0.25) is 4.98 Å². The predicted octanol–water partition coefficient (Wildman–Crippen LogP) is 3.92. The average Bonchev–Trinajstić information content (AvgIpc) is 3.00. The lowest BCUT2D eigenvalue weighted by atomic mass is 10.2. The van der Waals surface area contributed by atoms with Crippen molar-refractivity contribution in [3.05, 3.63) is 76.9 Å². The van der Waals surface area contributed by atoms with Gasteiger partial charge in [-0.2, -0.15) is 0 Å². The van der Waals surface area contributed by atoms with E-state index >= 15 is 0 Å². The van der Waals surface area contributed by atoms with Crippen molar-refractivity contribution in [2.75, 3.05) is 14.2 Å². The summed E-state index contributed by atoms with van der Waals surface area (Å²) in [7, 11) is 3.17. The second-order valence-electron chi connectivity index (χ2n) is 6.45. The van der Waals surface area contributed by atoms with E-state index in [-0.39, 0.29) is 12.6 Å². The van der Waals surface area contributed by atoms with Gasteiger partial charge in [-0.05, 0) is 50.2 Å². The van der Waals surface area contributed by atoms with Crippen molar-refractivity contribution in [3.8, 4) is 11.5 Å². The van der Waals surface area contributed by atoms with Gasteiger partial charge in [0, 0.05) is 23.1 Å². The molecule has 0 N–H and O–H groups in total. The maximum Gasteiger partial charge on any atom is 0.340 e. The van der Waals surface area contributed by atoms with Gasteiger partial charge in [0.1, 0.15) is 18.1 Å². The Bertz CT molecular complexity index is 964. The van der Waals surface area contributed by atoms with E-state index in [2.05, 4.69) is 9.55 Å². The van der Waals surface area contributed by atoms with E-state index in [1.54, 1.807) is 38.6 Å². The summed E-state index contributed by atoms with van der Waals surface area (Å²) >= 11 is 0. The molecule has 0 atom stereocenters. The molecule has 6 heteroatoms. The number of esters is 1. The van der Waals surface area contributed by atoms with Crippen molar-refractivity contribution in [1.29, 1.82) is 0 Å². The summed E-state index contributed by atoms with van der Waals surface area (Å²) in [6.07, 6.45) is 1.76. The molecule has 1 aromatic carbocycles. The van der Waals surface area contributed by atoms with Gasteiger partial charge >= 0.3 is 5.97 Å². The fourth-order valence-electron chi connectivity index (χ4n) is 3.12. The standard InChI is InChI=1S/C22H24N2O4/c1-15-11-20(16(2)24(15)13-18-7-5-6-10-23-18)22(25)28-14-17-12-19(26-3)8-9-21(17)27-4/h5-12H,13-14H2,1-4H3. The zero-order valence-electron chi connectivity index (χ0n) is 16.6. The Kier molecular flexibility index (Phi) is 5.99. The molecule has 0 spiro atoms. The van der Waals surface area contributed by atoms with E-state index in [1.807, 2.05) is 38.1 Å². The van der Waals surface area contributed by atoms with Crippen LogP contribution < -0.4 is 9.47 Å². The molecule has 0 saturated carbocycles. The number of hydrogen-bond acceptors (Lipinski definition) is 5. The van der Waals surface area contributed by atoms with Crippen LogP contribution in [0.15, 0.2) is 48.7 Å². The van der Waals surface area contributed by atoms with Gasteiger partial charge in [0.25, 0.3) is 0 Å². The largest absolute Gasteiger partial charge is 0.497 e. The molecule has 0 radical (unpaired) electrons. The van der Waals surface area contributed by atoms with E-state index < -0.39 is 0 Å².